The van der Waals surface area contributed by atoms with Crippen molar-refractivity contribution in [3.05, 3.63) is 23.9 Å². The SMILES string of the molecule is NC(=O)c1ccc(N2CCC3(O)CCCCC3C2)nc1. The second-order valence-corrected chi connectivity index (χ2v) is 6.01. The number of primary amides is 1. The zero-order valence-corrected chi connectivity index (χ0v) is 11.6. The molecular formula is C15H21N3O2. The molecule has 108 valence electrons. The van der Waals surface area contributed by atoms with Crippen LogP contribution in [0.5, 0.6) is 0 Å². The molecule has 1 aromatic heterocycles. The van der Waals surface area contributed by atoms with Crippen molar-refractivity contribution < 1.29 is 9.90 Å². The lowest BCUT2D eigenvalue weighted by atomic mass is 9.71. The van der Waals surface area contributed by atoms with Gasteiger partial charge in [0.1, 0.15) is 5.82 Å². The van der Waals surface area contributed by atoms with Gasteiger partial charge in [-0.25, -0.2) is 4.98 Å². The van der Waals surface area contributed by atoms with Crippen molar-refractivity contribution >= 4 is 11.7 Å². The van der Waals surface area contributed by atoms with Crippen molar-refractivity contribution in [2.75, 3.05) is 18.0 Å². The summed E-state index contributed by atoms with van der Waals surface area (Å²) >= 11 is 0. The van der Waals surface area contributed by atoms with E-state index in [4.69, 9.17) is 5.73 Å². The Labute approximate surface area is 118 Å². The lowest BCUT2D eigenvalue weighted by Gasteiger charge is -2.47. The molecule has 0 radical (unpaired) electrons. The Morgan fingerprint density at radius 2 is 2.25 bits per heavy atom. The predicted octanol–water partition coefficient (Wildman–Crippen LogP) is 1.31. The number of nitrogens with two attached hydrogens (primary N) is 1. The van der Waals surface area contributed by atoms with Crippen LogP contribution < -0.4 is 10.6 Å². The molecule has 1 saturated heterocycles. The molecule has 0 bridgehead atoms. The number of hydrogen-bond acceptors (Lipinski definition) is 4. The van der Waals surface area contributed by atoms with Crippen LogP contribution in [-0.4, -0.2) is 34.7 Å². The number of carbonyl (C=O) groups is 1. The van der Waals surface area contributed by atoms with Crippen molar-refractivity contribution in [1.82, 2.24) is 4.98 Å². The Balaban J connectivity index is 1.74. The molecule has 2 heterocycles. The Morgan fingerprint density at radius 3 is 2.95 bits per heavy atom. The first-order valence-corrected chi connectivity index (χ1v) is 7.32. The Hall–Kier alpha value is -1.62. The molecular weight excluding hydrogens is 254 g/mol. The molecule has 1 amide bonds. The highest BCUT2D eigenvalue weighted by atomic mass is 16.3. The summed E-state index contributed by atoms with van der Waals surface area (Å²) in [5.41, 5.74) is 5.18. The first-order valence-electron chi connectivity index (χ1n) is 7.32. The fraction of sp³-hybridized carbons (Fsp3) is 0.600. The van der Waals surface area contributed by atoms with E-state index in [9.17, 15) is 9.90 Å². The van der Waals surface area contributed by atoms with Gasteiger partial charge >= 0.3 is 0 Å². The fourth-order valence-electron chi connectivity index (χ4n) is 3.50. The summed E-state index contributed by atoms with van der Waals surface area (Å²) < 4.78 is 0. The minimum absolute atomic E-state index is 0.336. The van der Waals surface area contributed by atoms with Gasteiger partial charge in [0.05, 0.1) is 11.2 Å². The van der Waals surface area contributed by atoms with Gasteiger partial charge in [0, 0.05) is 25.2 Å². The molecule has 2 aliphatic rings. The van der Waals surface area contributed by atoms with Crippen LogP contribution in [0.15, 0.2) is 18.3 Å². The summed E-state index contributed by atoms with van der Waals surface area (Å²) in [6.07, 6.45) is 6.69. The van der Waals surface area contributed by atoms with Crippen LogP contribution in [0.2, 0.25) is 0 Å². The maximum Gasteiger partial charge on any atom is 0.250 e. The Kier molecular flexibility index (Phi) is 3.38. The van der Waals surface area contributed by atoms with Crippen LogP contribution >= 0.6 is 0 Å². The van der Waals surface area contributed by atoms with E-state index in [-0.39, 0.29) is 0 Å². The normalized spacial score (nSPS) is 29.9. The van der Waals surface area contributed by atoms with Gasteiger partial charge < -0.3 is 15.7 Å². The van der Waals surface area contributed by atoms with E-state index in [2.05, 4.69) is 9.88 Å². The van der Waals surface area contributed by atoms with Crippen LogP contribution in [-0.2, 0) is 0 Å². The summed E-state index contributed by atoms with van der Waals surface area (Å²) in [5.74, 6) is 0.745. The van der Waals surface area contributed by atoms with Crippen molar-refractivity contribution in [3.63, 3.8) is 0 Å². The molecule has 0 spiro atoms. The highest BCUT2D eigenvalue weighted by molar-refractivity contribution is 5.92. The molecule has 20 heavy (non-hydrogen) atoms. The monoisotopic (exact) mass is 275 g/mol. The van der Waals surface area contributed by atoms with Gasteiger partial charge in [0.2, 0.25) is 5.91 Å². The minimum Gasteiger partial charge on any atom is -0.389 e. The predicted molar refractivity (Wildman–Crippen MR) is 76.5 cm³/mol. The Bertz CT molecular complexity index is 502. The lowest BCUT2D eigenvalue weighted by Crippen LogP contribution is -2.53. The number of amides is 1. The third kappa shape index (κ3) is 2.38. The number of carbonyl (C=O) groups excluding carboxylic acids is 1. The molecule has 2 fully saturated rings. The summed E-state index contributed by atoms with van der Waals surface area (Å²) in [6, 6.07) is 3.56. The van der Waals surface area contributed by atoms with E-state index < -0.39 is 11.5 Å². The fourth-order valence-corrected chi connectivity index (χ4v) is 3.50. The molecule has 3 rings (SSSR count). The van der Waals surface area contributed by atoms with Crippen molar-refractivity contribution in [2.45, 2.75) is 37.7 Å². The van der Waals surface area contributed by atoms with Gasteiger partial charge in [-0.05, 0) is 31.4 Å². The summed E-state index contributed by atoms with van der Waals surface area (Å²) in [4.78, 5) is 17.6. The van der Waals surface area contributed by atoms with Crippen molar-refractivity contribution in [3.8, 4) is 0 Å². The van der Waals surface area contributed by atoms with Crippen LogP contribution in [0, 0.1) is 5.92 Å². The zero-order valence-electron chi connectivity index (χ0n) is 11.6. The third-order valence-electron chi connectivity index (χ3n) is 4.78. The van der Waals surface area contributed by atoms with Crippen LogP contribution in [0.1, 0.15) is 42.5 Å². The molecule has 0 aromatic carbocycles. The van der Waals surface area contributed by atoms with Crippen LogP contribution in [0.4, 0.5) is 5.82 Å². The topological polar surface area (TPSA) is 79.5 Å². The number of hydrogen-bond donors (Lipinski definition) is 2. The average Bonchev–Trinajstić information content (AvgIpc) is 2.46. The van der Waals surface area contributed by atoms with E-state index in [1.165, 1.54) is 12.6 Å². The molecule has 1 aromatic rings. The summed E-state index contributed by atoms with van der Waals surface area (Å²) in [7, 11) is 0. The quantitative estimate of drug-likeness (QED) is 0.853. The first-order chi connectivity index (χ1) is 9.58. The third-order valence-corrected chi connectivity index (χ3v) is 4.78. The molecule has 1 aliphatic heterocycles. The molecule has 5 nitrogen and oxygen atoms in total. The standard InChI is InChI=1S/C15H21N3O2/c16-14(19)11-4-5-13(17-9-11)18-8-7-15(20)6-2-1-3-12(15)10-18/h4-5,9,12,20H,1-3,6-8,10H2,(H2,16,19). The number of rotatable bonds is 2. The van der Waals surface area contributed by atoms with Crippen LogP contribution in [0.25, 0.3) is 0 Å². The van der Waals surface area contributed by atoms with Crippen molar-refractivity contribution in [2.24, 2.45) is 11.7 Å². The second kappa shape index (κ2) is 5.05. The zero-order chi connectivity index (χ0) is 14.2. The van der Waals surface area contributed by atoms with Gasteiger partial charge in [-0.15, -0.1) is 0 Å². The number of fused-ring (bicyclic) bond motifs is 1. The van der Waals surface area contributed by atoms with Crippen molar-refractivity contribution in [1.29, 1.82) is 0 Å². The average molecular weight is 275 g/mol. The van der Waals surface area contributed by atoms with E-state index in [0.29, 0.717) is 11.5 Å². The van der Waals surface area contributed by atoms with E-state index >= 15 is 0 Å². The highest BCUT2D eigenvalue weighted by Crippen LogP contribution is 2.40. The maximum absolute atomic E-state index is 11.1. The summed E-state index contributed by atoms with van der Waals surface area (Å²) in [6.45, 7) is 1.66. The molecule has 2 atom stereocenters. The van der Waals surface area contributed by atoms with Gasteiger partial charge in [-0.1, -0.05) is 12.8 Å². The first kappa shape index (κ1) is 13.4. The maximum atomic E-state index is 11.1. The second-order valence-electron chi connectivity index (χ2n) is 6.01. The van der Waals surface area contributed by atoms with E-state index in [0.717, 1.165) is 44.6 Å². The van der Waals surface area contributed by atoms with Crippen LogP contribution in [0.3, 0.4) is 0 Å². The Morgan fingerprint density at radius 1 is 1.40 bits per heavy atom. The number of aliphatic hydroxyl groups is 1. The van der Waals surface area contributed by atoms with Gasteiger partial charge in [0.15, 0.2) is 0 Å². The molecule has 3 N–H and O–H groups in total. The number of pyridine rings is 1. The smallest absolute Gasteiger partial charge is 0.250 e. The molecule has 1 aliphatic carbocycles. The lowest BCUT2D eigenvalue weighted by molar-refractivity contribution is -0.0613. The minimum atomic E-state index is -0.470. The molecule has 5 heteroatoms. The number of anilines is 1. The molecule has 1 saturated carbocycles. The van der Waals surface area contributed by atoms with Gasteiger partial charge in [-0.2, -0.15) is 0 Å². The van der Waals surface area contributed by atoms with E-state index in [1.807, 2.05) is 6.07 Å². The highest BCUT2D eigenvalue weighted by Gasteiger charge is 2.42. The van der Waals surface area contributed by atoms with E-state index in [1.54, 1.807) is 6.07 Å². The molecule has 2 unspecified atom stereocenters. The number of piperidine rings is 1. The largest absolute Gasteiger partial charge is 0.389 e. The van der Waals surface area contributed by atoms with Gasteiger partial charge in [-0.3, -0.25) is 4.79 Å². The summed E-state index contributed by atoms with van der Waals surface area (Å²) in [5, 5.41) is 10.7. The van der Waals surface area contributed by atoms with Gasteiger partial charge in [0.25, 0.3) is 0 Å². The number of aromatic nitrogens is 1. The number of nitrogens with zero attached hydrogens (tertiary/aromatic N) is 2.